The number of Topliss-reactive ketones (excluding diaryl/α,β-unsaturated/α-hetero) is 1. The number of halogens is 1. The topological polar surface area (TPSA) is 46.6 Å². The Labute approximate surface area is 167 Å². The van der Waals surface area contributed by atoms with Crippen molar-refractivity contribution in [2.45, 2.75) is 31.6 Å². The van der Waals surface area contributed by atoms with E-state index in [0.29, 0.717) is 6.42 Å². The normalized spacial score (nSPS) is 19.9. The van der Waals surface area contributed by atoms with Crippen molar-refractivity contribution in [1.82, 2.24) is 0 Å². The molecule has 4 rings (SSSR count). The van der Waals surface area contributed by atoms with Crippen molar-refractivity contribution in [2.75, 3.05) is 12.0 Å². The third-order valence-electron chi connectivity index (χ3n) is 5.26. The summed E-state index contributed by atoms with van der Waals surface area (Å²) in [4.78, 5) is 27.7. The lowest BCUT2D eigenvalue weighted by molar-refractivity contribution is -0.119. The molecule has 0 bridgehead atoms. The molecule has 0 saturated carbocycles. The molecule has 0 radical (unpaired) electrons. The zero-order chi connectivity index (χ0) is 19.0. The van der Waals surface area contributed by atoms with Crippen LogP contribution >= 0.6 is 15.9 Å². The minimum atomic E-state index is -0.206. The standard InChI is InChI=1S/C22H20BrNO3/c1-27-17-5-2-4-14(12-17)18-13-21(26)24(16-10-8-15(23)9-11-16)19-6-3-7-20(25)22(18)19/h2,4-5,8-12,18H,3,6-7,13H2,1H3. The van der Waals surface area contributed by atoms with Crippen molar-refractivity contribution in [1.29, 1.82) is 0 Å². The van der Waals surface area contributed by atoms with Gasteiger partial charge in [-0.05, 0) is 54.8 Å². The Bertz CT molecular complexity index is 933. The number of amides is 1. The number of rotatable bonds is 3. The van der Waals surface area contributed by atoms with Crippen LogP contribution in [0, 0.1) is 0 Å². The lowest BCUT2D eigenvalue weighted by Crippen LogP contribution is -2.40. The van der Waals surface area contributed by atoms with E-state index in [1.807, 2.05) is 48.5 Å². The number of methoxy groups -OCH3 is 1. The molecule has 2 aliphatic rings. The second-order valence-corrected chi connectivity index (χ2v) is 7.79. The van der Waals surface area contributed by atoms with Crippen LogP contribution in [-0.4, -0.2) is 18.8 Å². The van der Waals surface area contributed by atoms with E-state index in [0.717, 1.165) is 45.6 Å². The minimum absolute atomic E-state index is 0.0265. The van der Waals surface area contributed by atoms with E-state index in [1.54, 1.807) is 12.0 Å². The van der Waals surface area contributed by atoms with Crippen LogP contribution in [0.4, 0.5) is 5.69 Å². The molecule has 0 saturated heterocycles. The average molecular weight is 426 g/mol. The van der Waals surface area contributed by atoms with Crippen molar-refractivity contribution in [3.63, 3.8) is 0 Å². The molecule has 1 unspecified atom stereocenters. The minimum Gasteiger partial charge on any atom is -0.497 e. The molecule has 2 aromatic rings. The van der Waals surface area contributed by atoms with Gasteiger partial charge in [-0.15, -0.1) is 0 Å². The molecule has 1 aliphatic carbocycles. The number of anilines is 1. The summed E-state index contributed by atoms with van der Waals surface area (Å²) in [6.07, 6.45) is 2.35. The quantitative estimate of drug-likeness (QED) is 0.695. The summed E-state index contributed by atoms with van der Waals surface area (Å²) in [5.74, 6) is 0.708. The highest BCUT2D eigenvalue weighted by Gasteiger charge is 2.39. The lowest BCUT2D eigenvalue weighted by Gasteiger charge is -2.38. The summed E-state index contributed by atoms with van der Waals surface area (Å²) in [6, 6.07) is 15.4. The van der Waals surface area contributed by atoms with Gasteiger partial charge in [0.15, 0.2) is 5.78 Å². The summed E-state index contributed by atoms with van der Waals surface area (Å²) >= 11 is 3.44. The molecule has 1 heterocycles. The number of nitrogens with zero attached hydrogens (tertiary/aromatic N) is 1. The number of carbonyl (C=O) groups is 2. The summed E-state index contributed by atoms with van der Waals surface area (Å²) in [5.41, 5.74) is 3.42. The van der Waals surface area contributed by atoms with Gasteiger partial charge in [0, 0.05) is 40.2 Å². The summed E-state index contributed by atoms with van der Waals surface area (Å²) < 4.78 is 6.29. The van der Waals surface area contributed by atoms with Gasteiger partial charge in [0.1, 0.15) is 5.75 Å². The molecule has 1 aliphatic heterocycles. The van der Waals surface area contributed by atoms with Crippen LogP contribution in [0.2, 0.25) is 0 Å². The largest absolute Gasteiger partial charge is 0.497 e. The van der Waals surface area contributed by atoms with Crippen LogP contribution in [0.3, 0.4) is 0 Å². The Kier molecular flexibility index (Phi) is 4.87. The molecular formula is C22H20BrNO3. The van der Waals surface area contributed by atoms with E-state index < -0.39 is 0 Å². The van der Waals surface area contributed by atoms with Gasteiger partial charge in [-0.2, -0.15) is 0 Å². The molecule has 2 aromatic carbocycles. The SMILES string of the molecule is COc1cccc(C2CC(=O)N(c3ccc(Br)cc3)C3=C2C(=O)CCC3)c1. The maximum Gasteiger partial charge on any atom is 0.232 e. The molecule has 0 spiro atoms. The fourth-order valence-corrected chi connectivity index (χ4v) is 4.29. The number of hydrogen-bond donors (Lipinski definition) is 0. The van der Waals surface area contributed by atoms with E-state index in [1.165, 1.54) is 0 Å². The van der Waals surface area contributed by atoms with Gasteiger partial charge >= 0.3 is 0 Å². The van der Waals surface area contributed by atoms with Crippen molar-refractivity contribution >= 4 is 33.3 Å². The van der Waals surface area contributed by atoms with Gasteiger partial charge in [0.2, 0.25) is 5.91 Å². The molecular weight excluding hydrogens is 406 g/mol. The highest BCUT2D eigenvalue weighted by Crippen LogP contribution is 2.43. The Morgan fingerprint density at radius 2 is 1.85 bits per heavy atom. The van der Waals surface area contributed by atoms with E-state index >= 15 is 0 Å². The van der Waals surface area contributed by atoms with Crippen molar-refractivity contribution < 1.29 is 14.3 Å². The second kappa shape index (κ2) is 7.31. The maximum atomic E-state index is 13.1. The molecule has 138 valence electrons. The Morgan fingerprint density at radius 3 is 2.59 bits per heavy atom. The smallest absolute Gasteiger partial charge is 0.232 e. The van der Waals surface area contributed by atoms with Crippen LogP contribution in [0.15, 0.2) is 64.3 Å². The molecule has 27 heavy (non-hydrogen) atoms. The monoisotopic (exact) mass is 425 g/mol. The highest BCUT2D eigenvalue weighted by molar-refractivity contribution is 9.10. The third kappa shape index (κ3) is 3.32. The molecule has 0 N–H and O–H groups in total. The molecule has 1 atom stereocenters. The van der Waals surface area contributed by atoms with Crippen molar-refractivity contribution in [2.24, 2.45) is 0 Å². The number of benzene rings is 2. The predicted molar refractivity (Wildman–Crippen MR) is 108 cm³/mol. The van der Waals surface area contributed by atoms with E-state index in [4.69, 9.17) is 4.74 Å². The van der Waals surface area contributed by atoms with Crippen molar-refractivity contribution in [3.8, 4) is 5.75 Å². The van der Waals surface area contributed by atoms with E-state index in [9.17, 15) is 9.59 Å². The van der Waals surface area contributed by atoms with Crippen LogP contribution in [0.25, 0.3) is 0 Å². The first-order chi connectivity index (χ1) is 13.1. The summed E-state index contributed by atoms with van der Waals surface area (Å²) in [6.45, 7) is 0. The second-order valence-electron chi connectivity index (χ2n) is 6.88. The number of hydrogen-bond acceptors (Lipinski definition) is 3. The third-order valence-corrected chi connectivity index (χ3v) is 5.78. The Morgan fingerprint density at radius 1 is 1.07 bits per heavy atom. The summed E-state index contributed by atoms with van der Waals surface area (Å²) in [7, 11) is 1.62. The first-order valence-corrected chi connectivity index (χ1v) is 9.86. The number of ketones is 1. The van der Waals surface area contributed by atoms with Crippen LogP contribution in [-0.2, 0) is 9.59 Å². The number of allylic oxidation sites excluding steroid dienone is 2. The Balaban J connectivity index is 1.84. The van der Waals surface area contributed by atoms with Gasteiger partial charge in [-0.1, -0.05) is 28.1 Å². The average Bonchev–Trinajstić information content (AvgIpc) is 2.68. The molecule has 0 fully saturated rings. The lowest BCUT2D eigenvalue weighted by atomic mass is 9.77. The maximum absolute atomic E-state index is 13.1. The fourth-order valence-electron chi connectivity index (χ4n) is 4.03. The van der Waals surface area contributed by atoms with E-state index in [2.05, 4.69) is 15.9 Å². The first kappa shape index (κ1) is 18.0. The first-order valence-electron chi connectivity index (χ1n) is 9.07. The molecule has 5 heteroatoms. The fraction of sp³-hybridized carbons (Fsp3) is 0.273. The van der Waals surface area contributed by atoms with Gasteiger partial charge in [-0.25, -0.2) is 0 Å². The molecule has 1 amide bonds. The molecule has 0 aromatic heterocycles. The van der Waals surface area contributed by atoms with Crippen LogP contribution in [0.5, 0.6) is 5.75 Å². The van der Waals surface area contributed by atoms with E-state index in [-0.39, 0.29) is 24.0 Å². The van der Waals surface area contributed by atoms with Gasteiger partial charge in [-0.3, -0.25) is 14.5 Å². The van der Waals surface area contributed by atoms with Gasteiger partial charge < -0.3 is 4.74 Å². The number of carbonyl (C=O) groups excluding carboxylic acids is 2. The van der Waals surface area contributed by atoms with Gasteiger partial charge in [0.05, 0.1) is 7.11 Å². The Hall–Kier alpha value is -2.40. The highest BCUT2D eigenvalue weighted by atomic mass is 79.9. The zero-order valence-corrected chi connectivity index (χ0v) is 16.7. The van der Waals surface area contributed by atoms with Crippen LogP contribution < -0.4 is 9.64 Å². The predicted octanol–water partition coefficient (Wildman–Crippen LogP) is 4.99. The summed E-state index contributed by atoms with van der Waals surface area (Å²) in [5, 5.41) is 0. The van der Waals surface area contributed by atoms with Crippen LogP contribution in [0.1, 0.15) is 37.2 Å². The van der Waals surface area contributed by atoms with Gasteiger partial charge in [0.25, 0.3) is 0 Å². The van der Waals surface area contributed by atoms with Crippen molar-refractivity contribution in [3.05, 3.63) is 69.8 Å². The zero-order valence-electron chi connectivity index (χ0n) is 15.1. The molecule has 4 nitrogen and oxygen atoms in total. The number of ether oxygens (including phenoxy) is 1.